The Morgan fingerprint density at radius 2 is 2.14 bits per heavy atom. The fraction of sp³-hybridized carbons (Fsp3) is 0.529. The molecule has 0 saturated carbocycles. The topological polar surface area (TPSA) is 55.4 Å². The average Bonchev–Trinajstić information content (AvgIpc) is 3.00. The van der Waals surface area contributed by atoms with Gasteiger partial charge in [0, 0.05) is 18.4 Å². The monoisotopic (exact) mass is 289 g/mol. The second kappa shape index (κ2) is 6.85. The van der Waals surface area contributed by atoms with Crippen LogP contribution in [0.5, 0.6) is 0 Å². The molecule has 0 bridgehead atoms. The van der Waals surface area contributed by atoms with E-state index >= 15 is 0 Å². The minimum atomic E-state index is -0.319. The molecule has 1 N–H and O–H groups in total. The molecular weight excluding hydrogens is 266 g/mol. The second-order valence-corrected chi connectivity index (χ2v) is 5.86. The second-order valence-electron chi connectivity index (χ2n) is 5.86. The number of carbonyl (C=O) groups is 2. The van der Waals surface area contributed by atoms with E-state index in [4.69, 9.17) is 4.74 Å². The van der Waals surface area contributed by atoms with Crippen molar-refractivity contribution < 1.29 is 14.3 Å². The van der Waals surface area contributed by atoms with E-state index in [1.807, 2.05) is 26.0 Å². The normalized spacial score (nSPS) is 18.0. The first-order valence-electron chi connectivity index (χ1n) is 7.50. The maximum atomic E-state index is 11.9. The molecule has 0 amide bonds. The molecule has 1 aliphatic rings. The van der Waals surface area contributed by atoms with Crippen LogP contribution in [0.3, 0.4) is 0 Å². The number of methoxy groups -OCH3 is 1. The Labute approximate surface area is 125 Å². The smallest absolute Gasteiger partial charge is 0.338 e. The van der Waals surface area contributed by atoms with Crippen molar-refractivity contribution in [1.29, 1.82) is 0 Å². The van der Waals surface area contributed by atoms with Crippen molar-refractivity contribution in [2.24, 2.45) is 5.92 Å². The van der Waals surface area contributed by atoms with Gasteiger partial charge in [0.05, 0.1) is 12.7 Å². The summed E-state index contributed by atoms with van der Waals surface area (Å²) in [5.74, 6) is -0.0788. The number of ether oxygens (including phenoxy) is 1. The Morgan fingerprint density at radius 3 is 2.71 bits per heavy atom. The number of hydrogen-bond acceptors (Lipinski definition) is 4. The Balaban J connectivity index is 2.31. The van der Waals surface area contributed by atoms with E-state index in [-0.39, 0.29) is 23.7 Å². The van der Waals surface area contributed by atoms with Crippen LogP contribution in [0.1, 0.15) is 54.2 Å². The number of rotatable bonds is 5. The summed E-state index contributed by atoms with van der Waals surface area (Å²) in [6.07, 6.45) is 2.52. The van der Waals surface area contributed by atoms with Gasteiger partial charge >= 0.3 is 5.97 Å². The molecule has 0 spiro atoms. The van der Waals surface area contributed by atoms with Crippen molar-refractivity contribution in [2.45, 2.75) is 39.2 Å². The minimum Gasteiger partial charge on any atom is -0.465 e. The van der Waals surface area contributed by atoms with Crippen LogP contribution in [0.15, 0.2) is 18.2 Å². The zero-order valence-electron chi connectivity index (χ0n) is 12.9. The number of esters is 1. The van der Waals surface area contributed by atoms with Gasteiger partial charge in [-0.25, -0.2) is 4.79 Å². The molecule has 1 fully saturated rings. The van der Waals surface area contributed by atoms with E-state index in [1.165, 1.54) is 7.11 Å². The third-order valence-electron chi connectivity index (χ3n) is 3.98. The highest BCUT2D eigenvalue weighted by Crippen LogP contribution is 2.28. The lowest BCUT2D eigenvalue weighted by atomic mass is 9.93. The molecule has 1 aromatic rings. The van der Waals surface area contributed by atoms with Gasteiger partial charge in [-0.3, -0.25) is 4.79 Å². The molecule has 1 atom stereocenters. The summed E-state index contributed by atoms with van der Waals surface area (Å²) in [7, 11) is 1.39. The van der Waals surface area contributed by atoms with Crippen LogP contribution in [0, 0.1) is 5.92 Å². The van der Waals surface area contributed by atoms with Crippen molar-refractivity contribution in [3.8, 4) is 0 Å². The highest BCUT2D eigenvalue weighted by Gasteiger charge is 2.23. The molecule has 114 valence electrons. The standard InChI is InChI=1S/C17H23NO3/c1-11(2)16(19)10-12-6-7-13(17(20)21-3)14(9-12)15-5-4-8-18-15/h6-7,9,11,15,18H,4-5,8,10H2,1-3H3. The first-order valence-corrected chi connectivity index (χ1v) is 7.50. The van der Waals surface area contributed by atoms with Gasteiger partial charge in [-0.1, -0.05) is 26.0 Å². The molecule has 1 heterocycles. The molecule has 2 rings (SSSR count). The highest BCUT2D eigenvalue weighted by molar-refractivity contribution is 5.91. The van der Waals surface area contributed by atoms with Crippen molar-refractivity contribution >= 4 is 11.8 Å². The van der Waals surface area contributed by atoms with E-state index in [0.717, 1.165) is 30.5 Å². The van der Waals surface area contributed by atoms with Crippen LogP contribution >= 0.6 is 0 Å². The lowest BCUT2D eigenvalue weighted by molar-refractivity contribution is -0.121. The fourth-order valence-corrected chi connectivity index (χ4v) is 2.66. The maximum absolute atomic E-state index is 11.9. The summed E-state index contributed by atoms with van der Waals surface area (Å²) in [5.41, 5.74) is 2.51. The Bertz CT molecular complexity index is 531. The molecule has 0 radical (unpaired) electrons. The predicted molar refractivity (Wildman–Crippen MR) is 81.3 cm³/mol. The molecule has 21 heavy (non-hydrogen) atoms. The molecule has 1 aliphatic heterocycles. The van der Waals surface area contributed by atoms with Crippen molar-refractivity contribution in [3.63, 3.8) is 0 Å². The molecule has 1 unspecified atom stereocenters. The molecule has 0 aliphatic carbocycles. The number of Topliss-reactive ketones (excluding diaryl/α,β-unsaturated/α-hetero) is 1. The summed E-state index contributed by atoms with van der Waals surface area (Å²) in [4.78, 5) is 23.8. The minimum absolute atomic E-state index is 0.0262. The molecule has 4 nitrogen and oxygen atoms in total. The summed E-state index contributed by atoms with van der Waals surface area (Å²) in [5, 5.41) is 3.40. The van der Waals surface area contributed by atoms with E-state index in [2.05, 4.69) is 5.32 Å². The summed E-state index contributed by atoms with van der Waals surface area (Å²) >= 11 is 0. The Morgan fingerprint density at radius 1 is 1.38 bits per heavy atom. The highest BCUT2D eigenvalue weighted by atomic mass is 16.5. The first-order chi connectivity index (χ1) is 10.0. The zero-order chi connectivity index (χ0) is 15.4. The summed E-state index contributed by atoms with van der Waals surface area (Å²) in [6, 6.07) is 5.79. The molecular formula is C17H23NO3. The number of nitrogens with one attached hydrogen (secondary N) is 1. The van der Waals surface area contributed by atoms with Gasteiger partial charge in [0.15, 0.2) is 0 Å². The summed E-state index contributed by atoms with van der Waals surface area (Å²) in [6.45, 7) is 4.77. The Kier molecular flexibility index (Phi) is 5.12. The van der Waals surface area contributed by atoms with Gasteiger partial charge in [-0.05, 0) is 36.6 Å². The SMILES string of the molecule is COC(=O)c1ccc(CC(=O)C(C)C)cc1C1CCCN1. The molecule has 0 aromatic heterocycles. The van der Waals surface area contributed by atoms with Crippen LogP contribution in [0.25, 0.3) is 0 Å². The van der Waals surface area contributed by atoms with E-state index in [1.54, 1.807) is 6.07 Å². The quantitative estimate of drug-likeness (QED) is 0.847. The van der Waals surface area contributed by atoms with E-state index in [0.29, 0.717) is 12.0 Å². The number of ketones is 1. The Hall–Kier alpha value is -1.68. The van der Waals surface area contributed by atoms with Gasteiger partial charge < -0.3 is 10.1 Å². The zero-order valence-corrected chi connectivity index (χ0v) is 12.9. The lowest BCUT2D eigenvalue weighted by Crippen LogP contribution is -2.18. The molecule has 1 aromatic carbocycles. The van der Waals surface area contributed by atoms with Crippen LogP contribution in [-0.2, 0) is 16.0 Å². The van der Waals surface area contributed by atoms with Crippen LogP contribution in [-0.4, -0.2) is 25.4 Å². The first kappa shape index (κ1) is 15.7. The number of hydrogen-bond donors (Lipinski definition) is 1. The van der Waals surface area contributed by atoms with E-state index in [9.17, 15) is 9.59 Å². The number of benzene rings is 1. The van der Waals surface area contributed by atoms with Gasteiger partial charge in [0.25, 0.3) is 0 Å². The molecule has 4 heteroatoms. The van der Waals surface area contributed by atoms with Crippen molar-refractivity contribution in [3.05, 3.63) is 34.9 Å². The van der Waals surface area contributed by atoms with Gasteiger partial charge in [0.1, 0.15) is 5.78 Å². The van der Waals surface area contributed by atoms with Crippen LogP contribution < -0.4 is 5.32 Å². The van der Waals surface area contributed by atoms with Gasteiger partial charge in [-0.15, -0.1) is 0 Å². The average molecular weight is 289 g/mol. The van der Waals surface area contributed by atoms with Gasteiger partial charge in [0.2, 0.25) is 0 Å². The van der Waals surface area contributed by atoms with Crippen LogP contribution in [0.4, 0.5) is 0 Å². The van der Waals surface area contributed by atoms with Crippen LogP contribution in [0.2, 0.25) is 0 Å². The predicted octanol–water partition coefficient (Wildman–Crippen LogP) is 2.67. The summed E-state index contributed by atoms with van der Waals surface area (Å²) < 4.78 is 4.86. The number of carbonyl (C=O) groups excluding carboxylic acids is 2. The fourth-order valence-electron chi connectivity index (χ4n) is 2.66. The third-order valence-corrected chi connectivity index (χ3v) is 3.98. The molecule has 1 saturated heterocycles. The van der Waals surface area contributed by atoms with E-state index < -0.39 is 0 Å². The maximum Gasteiger partial charge on any atom is 0.338 e. The van der Waals surface area contributed by atoms with Crippen molar-refractivity contribution in [2.75, 3.05) is 13.7 Å². The third kappa shape index (κ3) is 3.70. The lowest BCUT2D eigenvalue weighted by Gasteiger charge is -2.16. The van der Waals surface area contributed by atoms with Crippen molar-refractivity contribution in [1.82, 2.24) is 5.32 Å². The largest absolute Gasteiger partial charge is 0.465 e. The van der Waals surface area contributed by atoms with Gasteiger partial charge in [-0.2, -0.15) is 0 Å².